The van der Waals surface area contributed by atoms with E-state index >= 15 is 0 Å². The number of nitrogens with zero attached hydrogens (tertiary/aromatic N) is 9. The highest BCUT2D eigenvalue weighted by molar-refractivity contribution is 5.63. The molecule has 1 fully saturated rings. The summed E-state index contributed by atoms with van der Waals surface area (Å²) < 4.78 is 3.86. The molecule has 0 aliphatic carbocycles. The molecule has 0 saturated carbocycles. The van der Waals surface area contributed by atoms with Crippen LogP contribution in [0, 0.1) is 13.8 Å². The van der Waals surface area contributed by atoms with E-state index in [1.165, 1.54) is 0 Å². The SMILES string of the molecule is Cc1cc(N2CCCN(c3nccn4cnnc34)CC2)n2nc(C)cc2n1. The number of rotatable bonds is 2. The maximum atomic E-state index is 4.64. The third kappa shape index (κ3) is 2.75. The summed E-state index contributed by atoms with van der Waals surface area (Å²) >= 11 is 0. The molecule has 0 spiro atoms. The first-order valence-corrected chi connectivity index (χ1v) is 9.17. The normalized spacial score (nSPS) is 15.6. The van der Waals surface area contributed by atoms with Crippen LogP contribution < -0.4 is 9.80 Å². The van der Waals surface area contributed by atoms with E-state index < -0.39 is 0 Å². The smallest absolute Gasteiger partial charge is 0.203 e. The fourth-order valence-corrected chi connectivity index (χ4v) is 3.75. The van der Waals surface area contributed by atoms with Gasteiger partial charge in [-0.05, 0) is 20.3 Å². The van der Waals surface area contributed by atoms with Gasteiger partial charge < -0.3 is 9.80 Å². The Hall–Kier alpha value is -3.23. The van der Waals surface area contributed by atoms with Crippen LogP contribution in [0.1, 0.15) is 17.8 Å². The molecule has 0 atom stereocenters. The first-order chi connectivity index (χ1) is 13.2. The molecule has 5 heterocycles. The second kappa shape index (κ2) is 6.19. The zero-order valence-electron chi connectivity index (χ0n) is 15.4. The van der Waals surface area contributed by atoms with E-state index in [0.717, 1.165) is 66.9 Å². The quantitative estimate of drug-likeness (QED) is 0.534. The molecule has 1 aliphatic heterocycles. The maximum absolute atomic E-state index is 4.64. The van der Waals surface area contributed by atoms with Crippen molar-refractivity contribution in [3.63, 3.8) is 0 Å². The lowest BCUT2D eigenvalue weighted by Gasteiger charge is -2.24. The lowest BCUT2D eigenvalue weighted by molar-refractivity contribution is 0.765. The van der Waals surface area contributed by atoms with Crippen LogP contribution in [0.3, 0.4) is 0 Å². The summed E-state index contributed by atoms with van der Waals surface area (Å²) in [5.74, 6) is 1.99. The number of hydrogen-bond donors (Lipinski definition) is 0. The van der Waals surface area contributed by atoms with Crippen molar-refractivity contribution < 1.29 is 0 Å². The molecule has 4 aromatic heterocycles. The predicted molar refractivity (Wildman–Crippen MR) is 102 cm³/mol. The van der Waals surface area contributed by atoms with Crippen molar-refractivity contribution >= 4 is 22.9 Å². The van der Waals surface area contributed by atoms with Crippen molar-refractivity contribution in [2.24, 2.45) is 0 Å². The summed E-state index contributed by atoms with van der Waals surface area (Å²) in [4.78, 5) is 13.8. The van der Waals surface area contributed by atoms with E-state index in [9.17, 15) is 0 Å². The molecule has 9 heteroatoms. The van der Waals surface area contributed by atoms with Crippen LogP contribution in [-0.4, -0.2) is 60.4 Å². The molecule has 1 aliphatic rings. The second-order valence-electron chi connectivity index (χ2n) is 6.95. The highest BCUT2D eigenvalue weighted by atomic mass is 15.4. The van der Waals surface area contributed by atoms with Crippen molar-refractivity contribution in [2.75, 3.05) is 36.0 Å². The summed E-state index contributed by atoms with van der Waals surface area (Å²) in [5.41, 5.74) is 3.69. The minimum atomic E-state index is 0.802. The summed E-state index contributed by atoms with van der Waals surface area (Å²) in [6.45, 7) is 7.68. The third-order valence-electron chi connectivity index (χ3n) is 4.98. The van der Waals surface area contributed by atoms with Crippen molar-refractivity contribution in [3.8, 4) is 0 Å². The Morgan fingerprint density at radius 1 is 0.963 bits per heavy atom. The van der Waals surface area contributed by atoms with Gasteiger partial charge in [-0.25, -0.2) is 9.97 Å². The number of anilines is 2. The molecule has 0 unspecified atom stereocenters. The zero-order valence-corrected chi connectivity index (χ0v) is 15.4. The third-order valence-corrected chi connectivity index (χ3v) is 4.98. The average Bonchev–Trinajstić information content (AvgIpc) is 3.19. The van der Waals surface area contributed by atoms with Crippen LogP contribution in [0.4, 0.5) is 11.6 Å². The summed E-state index contributed by atoms with van der Waals surface area (Å²) in [5, 5.41) is 12.9. The Labute approximate surface area is 156 Å². The van der Waals surface area contributed by atoms with Crippen LogP contribution in [0.5, 0.6) is 0 Å². The zero-order chi connectivity index (χ0) is 18.4. The first-order valence-electron chi connectivity index (χ1n) is 9.17. The Bertz CT molecular complexity index is 1110. The maximum Gasteiger partial charge on any atom is 0.203 e. The molecule has 9 nitrogen and oxygen atoms in total. The Morgan fingerprint density at radius 2 is 1.81 bits per heavy atom. The monoisotopic (exact) mass is 363 g/mol. The molecule has 138 valence electrons. The standard InChI is InChI=1S/C18H21N9/c1-13-11-16(27-15(21-13)10-14(2)23-27)24-5-3-6-25(9-8-24)17-18-22-20-12-26(18)7-4-19-17/h4,7,10-12H,3,5-6,8-9H2,1-2H3. The van der Waals surface area contributed by atoms with E-state index in [1.807, 2.05) is 35.0 Å². The van der Waals surface area contributed by atoms with E-state index in [-0.39, 0.29) is 0 Å². The van der Waals surface area contributed by atoms with E-state index in [1.54, 1.807) is 12.5 Å². The number of aromatic nitrogens is 7. The van der Waals surface area contributed by atoms with Gasteiger partial charge in [0.2, 0.25) is 5.65 Å². The van der Waals surface area contributed by atoms with Crippen LogP contribution in [0.2, 0.25) is 0 Å². The minimum absolute atomic E-state index is 0.802. The van der Waals surface area contributed by atoms with Crippen molar-refractivity contribution in [1.29, 1.82) is 0 Å². The van der Waals surface area contributed by atoms with Crippen molar-refractivity contribution in [2.45, 2.75) is 20.3 Å². The molecule has 0 radical (unpaired) electrons. The van der Waals surface area contributed by atoms with E-state index in [0.29, 0.717) is 0 Å². The Kier molecular flexibility index (Phi) is 3.66. The van der Waals surface area contributed by atoms with Crippen LogP contribution >= 0.6 is 0 Å². The highest BCUT2D eigenvalue weighted by Gasteiger charge is 2.21. The van der Waals surface area contributed by atoms with Gasteiger partial charge in [-0.15, -0.1) is 10.2 Å². The summed E-state index contributed by atoms with van der Waals surface area (Å²) in [6.07, 6.45) is 6.41. The van der Waals surface area contributed by atoms with Gasteiger partial charge in [-0.3, -0.25) is 4.40 Å². The van der Waals surface area contributed by atoms with Gasteiger partial charge in [0.25, 0.3) is 0 Å². The topological polar surface area (TPSA) is 79.8 Å². The fraction of sp³-hybridized carbons (Fsp3) is 0.389. The lowest BCUT2D eigenvalue weighted by Crippen LogP contribution is -2.32. The molecule has 0 N–H and O–H groups in total. The van der Waals surface area contributed by atoms with Gasteiger partial charge in [0, 0.05) is 56.4 Å². The largest absolute Gasteiger partial charge is 0.355 e. The highest BCUT2D eigenvalue weighted by Crippen LogP contribution is 2.22. The molecule has 0 bridgehead atoms. The van der Waals surface area contributed by atoms with Gasteiger partial charge in [0.1, 0.15) is 12.1 Å². The van der Waals surface area contributed by atoms with Crippen LogP contribution in [-0.2, 0) is 0 Å². The minimum Gasteiger partial charge on any atom is -0.355 e. The second-order valence-corrected chi connectivity index (χ2v) is 6.95. The molecular formula is C18H21N9. The lowest BCUT2D eigenvalue weighted by atomic mass is 10.3. The molecular weight excluding hydrogens is 342 g/mol. The molecule has 0 amide bonds. The predicted octanol–water partition coefficient (Wildman–Crippen LogP) is 1.50. The number of hydrogen-bond acceptors (Lipinski definition) is 7. The molecule has 4 aromatic rings. The summed E-state index contributed by atoms with van der Waals surface area (Å²) in [6, 6.07) is 4.14. The fourth-order valence-electron chi connectivity index (χ4n) is 3.75. The molecule has 1 saturated heterocycles. The average molecular weight is 363 g/mol. The van der Waals surface area contributed by atoms with Crippen molar-refractivity contribution in [1.82, 2.24) is 34.2 Å². The van der Waals surface area contributed by atoms with Gasteiger partial charge in [-0.1, -0.05) is 0 Å². The molecule has 5 rings (SSSR count). The number of fused-ring (bicyclic) bond motifs is 2. The van der Waals surface area contributed by atoms with Gasteiger partial charge in [-0.2, -0.15) is 9.61 Å². The van der Waals surface area contributed by atoms with Crippen LogP contribution in [0.15, 0.2) is 30.9 Å². The van der Waals surface area contributed by atoms with Gasteiger partial charge in [0.15, 0.2) is 11.5 Å². The van der Waals surface area contributed by atoms with E-state index in [2.05, 4.69) is 41.1 Å². The van der Waals surface area contributed by atoms with Crippen molar-refractivity contribution in [3.05, 3.63) is 42.2 Å². The van der Waals surface area contributed by atoms with E-state index in [4.69, 9.17) is 0 Å². The first kappa shape index (κ1) is 16.0. The Balaban J connectivity index is 1.46. The van der Waals surface area contributed by atoms with Gasteiger partial charge in [0.05, 0.1) is 5.69 Å². The number of aryl methyl sites for hydroxylation is 2. The molecule has 27 heavy (non-hydrogen) atoms. The molecule has 0 aromatic carbocycles. The summed E-state index contributed by atoms with van der Waals surface area (Å²) in [7, 11) is 0. The van der Waals surface area contributed by atoms with Crippen LogP contribution in [0.25, 0.3) is 11.3 Å². The Morgan fingerprint density at radius 3 is 2.74 bits per heavy atom. The van der Waals surface area contributed by atoms with Gasteiger partial charge >= 0.3 is 0 Å².